The van der Waals surface area contributed by atoms with Gasteiger partial charge in [-0.05, 0) is 13.0 Å². The summed E-state index contributed by atoms with van der Waals surface area (Å²) in [5.74, 6) is -0.768. The molecule has 0 bridgehead atoms. The molecule has 0 fully saturated rings. The van der Waals surface area contributed by atoms with E-state index in [4.69, 9.17) is 5.73 Å². The van der Waals surface area contributed by atoms with Crippen molar-refractivity contribution in [1.82, 2.24) is 0 Å². The smallest absolute Gasteiger partial charge is 0.325 e. The molecule has 0 radical (unpaired) electrons. The van der Waals surface area contributed by atoms with Crippen LogP contribution in [0.5, 0.6) is 5.75 Å². The monoisotopic (exact) mass is 281 g/mol. The van der Waals surface area contributed by atoms with Crippen molar-refractivity contribution >= 4 is 28.9 Å². The number of phenols is 1. The average Bonchev–Trinajstić information content (AvgIpc) is 2.38. The summed E-state index contributed by atoms with van der Waals surface area (Å²) in [6.07, 6.45) is 0. The van der Waals surface area contributed by atoms with Crippen molar-refractivity contribution in [3.05, 3.63) is 12.1 Å². The maximum Gasteiger partial charge on any atom is 0.325 e. The largest absolute Gasteiger partial charge is 0.506 e. The van der Waals surface area contributed by atoms with E-state index in [1.165, 1.54) is 26.2 Å². The van der Waals surface area contributed by atoms with E-state index < -0.39 is 5.97 Å². The van der Waals surface area contributed by atoms with Crippen molar-refractivity contribution < 1.29 is 19.4 Å². The molecule has 110 valence electrons. The lowest BCUT2D eigenvalue weighted by atomic mass is 10.2. The third-order valence-electron chi connectivity index (χ3n) is 2.73. The number of amides is 1. The zero-order valence-corrected chi connectivity index (χ0v) is 11.8. The first-order valence-corrected chi connectivity index (χ1v) is 6.10. The third-order valence-corrected chi connectivity index (χ3v) is 2.73. The fourth-order valence-corrected chi connectivity index (χ4v) is 1.73. The van der Waals surface area contributed by atoms with Crippen LogP contribution in [0.15, 0.2) is 12.1 Å². The van der Waals surface area contributed by atoms with Crippen LogP contribution in [0.2, 0.25) is 0 Å². The Bertz CT molecular complexity index is 517. The summed E-state index contributed by atoms with van der Waals surface area (Å²) in [7, 11) is 1.29. The summed E-state index contributed by atoms with van der Waals surface area (Å²) in [6, 6.07) is 2.86. The minimum atomic E-state index is -0.427. The molecule has 0 heterocycles. The first-order chi connectivity index (χ1) is 9.38. The Balaban J connectivity index is 3.14. The molecule has 0 aromatic heterocycles. The van der Waals surface area contributed by atoms with E-state index in [-0.39, 0.29) is 23.9 Å². The molecule has 7 nitrogen and oxygen atoms in total. The summed E-state index contributed by atoms with van der Waals surface area (Å²) in [4.78, 5) is 24.1. The van der Waals surface area contributed by atoms with Gasteiger partial charge in [0.25, 0.3) is 0 Å². The van der Waals surface area contributed by atoms with Gasteiger partial charge in [0.05, 0.1) is 24.2 Å². The quantitative estimate of drug-likeness (QED) is 0.421. The number of ether oxygens (including phenoxy) is 1. The van der Waals surface area contributed by atoms with E-state index >= 15 is 0 Å². The van der Waals surface area contributed by atoms with Crippen molar-refractivity contribution in [1.29, 1.82) is 0 Å². The molecule has 0 aliphatic carbocycles. The van der Waals surface area contributed by atoms with Gasteiger partial charge in [0.1, 0.15) is 12.3 Å². The lowest BCUT2D eigenvalue weighted by Crippen LogP contribution is -2.30. The second-order valence-corrected chi connectivity index (χ2v) is 4.20. The van der Waals surface area contributed by atoms with Crippen LogP contribution in [0.25, 0.3) is 0 Å². The molecule has 0 unspecified atom stereocenters. The molecule has 1 rings (SSSR count). The molecule has 0 spiro atoms. The molecule has 0 saturated carbocycles. The highest BCUT2D eigenvalue weighted by molar-refractivity contribution is 5.94. The van der Waals surface area contributed by atoms with Crippen LogP contribution >= 0.6 is 0 Å². The van der Waals surface area contributed by atoms with E-state index in [2.05, 4.69) is 10.1 Å². The number of anilines is 3. The number of rotatable bonds is 5. The topological polar surface area (TPSA) is 105 Å². The molecule has 0 aliphatic heterocycles. The summed E-state index contributed by atoms with van der Waals surface area (Å²) < 4.78 is 4.61. The van der Waals surface area contributed by atoms with Gasteiger partial charge in [-0.15, -0.1) is 0 Å². The molecule has 0 aliphatic rings. The Morgan fingerprint density at radius 3 is 2.60 bits per heavy atom. The maximum absolute atomic E-state index is 11.4. The second-order valence-electron chi connectivity index (χ2n) is 4.20. The van der Waals surface area contributed by atoms with Gasteiger partial charge in [-0.3, -0.25) is 9.59 Å². The number of carbonyl (C=O) groups is 2. The molecular formula is C13H19N3O4. The Morgan fingerprint density at radius 2 is 2.10 bits per heavy atom. The summed E-state index contributed by atoms with van der Waals surface area (Å²) >= 11 is 0. The van der Waals surface area contributed by atoms with Crippen LogP contribution in [0.4, 0.5) is 17.1 Å². The second kappa shape index (κ2) is 6.65. The Hall–Kier alpha value is -2.44. The molecule has 4 N–H and O–H groups in total. The molecule has 1 aromatic carbocycles. The Kier molecular flexibility index (Phi) is 5.19. The van der Waals surface area contributed by atoms with Gasteiger partial charge in [0, 0.05) is 19.5 Å². The SMILES string of the molecule is CCN(CC(=O)OC)c1cc(NC(C)=O)c(N)cc1O. The fraction of sp³-hybridized carbons (Fsp3) is 0.385. The molecule has 1 amide bonds. The summed E-state index contributed by atoms with van der Waals surface area (Å²) in [6.45, 7) is 3.66. The summed E-state index contributed by atoms with van der Waals surface area (Å²) in [5, 5.41) is 12.5. The number of benzene rings is 1. The molecule has 0 saturated heterocycles. The van der Waals surface area contributed by atoms with Crippen molar-refractivity contribution in [3.63, 3.8) is 0 Å². The van der Waals surface area contributed by atoms with Gasteiger partial charge in [-0.25, -0.2) is 0 Å². The molecule has 20 heavy (non-hydrogen) atoms. The van der Waals surface area contributed by atoms with E-state index in [1.54, 1.807) is 4.90 Å². The van der Waals surface area contributed by atoms with E-state index in [9.17, 15) is 14.7 Å². The molecule has 7 heteroatoms. The minimum absolute atomic E-state index is 0.00993. The number of aromatic hydroxyl groups is 1. The lowest BCUT2D eigenvalue weighted by Gasteiger charge is -2.23. The first-order valence-electron chi connectivity index (χ1n) is 6.10. The van der Waals surface area contributed by atoms with E-state index in [0.717, 1.165) is 0 Å². The number of esters is 1. The highest BCUT2D eigenvalue weighted by Crippen LogP contribution is 2.34. The highest BCUT2D eigenvalue weighted by atomic mass is 16.5. The molecule has 0 atom stereocenters. The van der Waals surface area contributed by atoms with E-state index in [1.807, 2.05) is 6.92 Å². The van der Waals surface area contributed by atoms with Crippen LogP contribution in [-0.4, -0.2) is 37.2 Å². The van der Waals surface area contributed by atoms with Gasteiger partial charge in [-0.2, -0.15) is 0 Å². The first kappa shape index (κ1) is 15.6. The van der Waals surface area contributed by atoms with Crippen LogP contribution < -0.4 is 16.0 Å². The Morgan fingerprint density at radius 1 is 1.45 bits per heavy atom. The highest BCUT2D eigenvalue weighted by Gasteiger charge is 2.16. The lowest BCUT2D eigenvalue weighted by molar-refractivity contribution is -0.139. The number of likely N-dealkylation sites (N-methyl/N-ethyl adjacent to an activating group) is 1. The van der Waals surface area contributed by atoms with Crippen molar-refractivity contribution in [3.8, 4) is 5.75 Å². The predicted molar refractivity (Wildman–Crippen MR) is 76.7 cm³/mol. The van der Waals surface area contributed by atoms with Gasteiger partial charge in [0.2, 0.25) is 5.91 Å². The molecular weight excluding hydrogens is 262 g/mol. The standard InChI is InChI=1S/C13H19N3O4/c1-4-16(7-13(19)20-3)11-6-10(15-8(2)17)9(14)5-12(11)18/h5-6,18H,4,7,14H2,1-3H3,(H,15,17). The van der Waals surface area contributed by atoms with Crippen LogP contribution in [0, 0.1) is 0 Å². The fourth-order valence-electron chi connectivity index (χ4n) is 1.73. The minimum Gasteiger partial charge on any atom is -0.506 e. The van der Waals surface area contributed by atoms with Gasteiger partial charge < -0.3 is 25.8 Å². The number of phenolic OH excluding ortho intramolecular Hbond substituents is 1. The number of hydrogen-bond acceptors (Lipinski definition) is 6. The van der Waals surface area contributed by atoms with Gasteiger partial charge >= 0.3 is 5.97 Å². The van der Waals surface area contributed by atoms with Gasteiger partial charge in [0.15, 0.2) is 0 Å². The average molecular weight is 281 g/mol. The zero-order chi connectivity index (χ0) is 15.3. The summed E-state index contributed by atoms with van der Waals surface area (Å²) in [5.41, 5.74) is 6.75. The van der Waals surface area contributed by atoms with Crippen LogP contribution in [0.3, 0.4) is 0 Å². The number of nitrogens with one attached hydrogen (secondary N) is 1. The third kappa shape index (κ3) is 3.78. The Labute approximate surface area is 117 Å². The van der Waals surface area contributed by atoms with Crippen molar-refractivity contribution in [2.75, 3.05) is 36.1 Å². The predicted octanol–water partition coefficient (Wildman–Crippen LogP) is 0.932. The van der Waals surface area contributed by atoms with Crippen LogP contribution in [-0.2, 0) is 14.3 Å². The van der Waals surface area contributed by atoms with E-state index in [0.29, 0.717) is 17.9 Å². The zero-order valence-electron chi connectivity index (χ0n) is 11.8. The number of methoxy groups -OCH3 is 1. The number of hydrogen-bond donors (Lipinski definition) is 3. The number of nitrogen functional groups attached to an aromatic ring is 1. The van der Waals surface area contributed by atoms with Gasteiger partial charge in [-0.1, -0.05) is 0 Å². The number of carbonyl (C=O) groups excluding carboxylic acids is 2. The molecule has 1 aromatic rings. The van der Waals surface area contributed by atoms with Crippen LogP contribution in [0.1, 0.15) is 13.8 Å². The normalized spacial score (nSPS) is 9.95. The van der Waals surface area contributed by atoms with Crippen molar-refractivity contribution in [2.24, 2.45) is 0 Å². The maximum atomic E-state index is 11.4. The number of nitrogens with two attached hydrogens (primary N) is 1. The number of nitrogens with zero attached hydrogens (tertiary/aromatic N) is 1. The van der Waals surface area contributed by atoms with Crippen molar-refractivity contribution in [2.45, 2.75) is 13.8 Å².